The predicted octanol–water partition coefficient (Wildman–Crippen LogP) is 4.17. The molecule has 2 aromatic rings. The first-order chi connectivity index (χ1) is 12.7. The van der Waals surface area contributed by atoms with Crippen LogP contribution in [0.25, 0.3) is 11.1 Å². The first-order valence-electron chi connectivity index (χ1n) is 9.11. The van der Waals surface area contributed by atoms with Crippen LogP contribution in [0.3, 0.4) is 0 Å². The van der Waals surface area contributed by atoms with Crippen molar-refractivity contribution in [1.29, 1.82) is 0 Å². The van der Waals surface area contributed by atoms with E-state index in [1.54, 1.807) is 0 Å². The molecule has 1 saturated heterocycles. The fraction of sp³-hybridized carbons (Fsp3) is 0.381. The van der Waals surface area contributed by atoms with Crippen LogP contribution in [0.15, 0.2) is 42.5 Å². The Morgan fingerprint density at radius 1 is 0.962 bits per heavy atom. The number of amides is 1. The molecule has 0 spiro atoms. The number of fused-ring (bicyclic) bond motifs is 1. The molecule has 5 nitrogen and oxygen atoms in total. The van der Waals surface area contributed by atoms with Crippen molar-refractivity contribution in [2.45, 2.75) is 31.3 Å². The zero-order chi connectivity index (χ0) is 17.9. The van der Waals surface area contributed by atoms with Crippen LogP contribution in [0.2, 0.25) is 0 Å². The summed E-state index contributed by atoms with van der Waals surface area (Å²) in [4.78, 5) is 11.1. The van der Waals surface area contributed by atoms with Crippen molar-refractivity contribution in [3.05, 3.63) is 53.6 Å². The zero-order valence-corrected chi connectivity index (χ0v) is 14.6. The van der Waals surface area contributed by atoms with E-state index in [1.807, 2.05) is 18.2 Å². The minimum absolute atomic E-state index is 0.332. The normalized spacial score (nSPS) is 20.1. The molecule has 2 aliphatic heterocycles. The van der Waals surface area contributed by atoms with Gasteiger partial charge >= 0.3 is 6.09 Å². The molecule has 0 saturated carbocycles. The van der Waals surface area contributed by atoms with Crippen LogP contribution in [-0.2, 0) is 9.47 Å². The summed E-state index contributed by atoms with van der Waals surface area (Å²) in [6, 6.07) is 14.8. The van der Waals surface area contributed by atoms with E-state index < -0.39 is 6.09 Å². The largest absolute Gasteiger partial charge is 0.493 e. The molecular formula is C21H23NO4. The van der Waals surface area contributed by atoms with E-state index in [-0.39, 0.29) is 6.10 Å². The topological polar surface area (TPSA) is 70.8 Å². The maximum absolute atomic E-state index is 11.1. The molecule has 2 heterocycles. The summed E-state index contributed by atoms with van der Waals surface area (Å²) in [5.41, 5.74) is 9.64. The highest BCUT2D eigenvalue weighted by atomic mass is 16.6. The Kier molecular flexibility index (Phi) is 4.80. The highest BCUT2D eigenvalue weighted by Gasteiger charge is 2.24. The first-order valence-corrected chi connectivity index (χ1v) is 9.11. The first kappa shape index (κ1) is 16.9. The number of nitrogens with two attached hydrogens (primary N) is 1. The molecule has 2 aromatic carbocycles. The number of rotatable bonds is 3. The number of carbonyl (C=O) groups is 1. The molecule has 1 amide bonds. The monoisotopic (exact) mass is 353 g/mol. The summed E-state index contributed by atoms with van der Waals surface area (Å²) in [6.07, 6.45) is 1.71. The van der Waals surface area contributed by atoms with Crippen molar-refractivity contribution in [3.63, 3.8) is 0 Å². The van der Waals surface area contributed by atoms with Gasteiger partial charge in [0.1, 0.15) is 11.9 Å². The predicted molar refractivity (Wildman–Crippen MR) is 98.2 cm³/mol. The summed E-state index contributed by atoms with van der Waals surface area (Å²) in [6.45, 7) is 2.21. The molecule has 4 rings (SSSR count). The number of primary amides is 1. The van der Waals surface area contributed by atoms with Crippen molar-refractivity contribution in [1.82, 2.24) is 0 Å². The van der Waals surface area contributed by atoms with Gasteiger partial charge in [-0.2, -0.15) is 0 Å². The number of carbonyl (C=O) groups excluding carboxylic acids is 1. The van der Waals surface area contributed by atoms with E-state index in [0.717, 1.165) is 48.5 Å². The molecule has 0 aromatic heterocycles. The van der Waals surface area contributed by atoms with Crippen LogP contribution >= 0.6 is 0 Å². The van der Waals surface area contributed by atoms with Crippen molar-refractivity contribution >= 4 is 6.09 Å². The minimum Gasteiger partial charge on any atom is -0.493 e. The number of hydrogen-bond donors (Lipinski definition) is 1. The third-order valence-electron chi connectivity index (χ3n) is 5.19. The molecule has 26 heavy (non-hydrogen) atoms. The Labute approximate surface area is 153 Å². The van der Waals surface area contributed by atoms with Gasteiger partial charge in [-0.15, -0.1) is 0 Å². The average molecular weight is 353 g/mol. The number of ether oxygens (including phenoxy) is 3. The van der Waals surface area contributed by atoms with Crippen molar-refractivity contribution in [2.24, 2.45) is 5.73 Å². The van der Waals surface area contributed by atoms with Gasteiger partial charge in [0.25, 0.3) is 0 Å². The van der Waals surface area contributed by atoms with Gasteiger partial charge in [0, 0.05) is 25.2 Å². The second-order valence-electron chi connectivity index (χ2n) is 6.82. The molecule has 0 aliphatic carbocycles. The molecule has 5 heteroatoms. The molecule has 2 aliphatic rings. The Bertz CT molecular complexity index is 781. The van der Waals surface area contributed by atoms with Crippen LogP contribution in [0.1, 0.15) is 42.4 Å². The Morgan fingerprint density at radius 3 is 2.42 bits per heavy atom. The summed E-state index contributed by atoms with van der Waals surface area (Å²) in [5.74, 6) is 1.35. The van der Waals surface area contributed by atoms with E-state index in [9.17, 15) is 4.79 Å². The molecule has 0 bridgehead atoms. The van der Waals surface area contributed by atoms with Gasteiger partial charge in [0.2, 0.25) is 0 Å². The maximum Gasteiger partial charge on any atom is 0.405 e. The second kappa shape index (κ2) is 7.38. The lowest BCUT2D eigenvalue weighted by atomic mass is 9.90. The Balaban J connectivity index is 1.55. The van der Waals surface area contributed by atoms with E-state index in [4.69, 9.17) is 19.9 Å². The molecule has 0 radical (unpaired) electrons. The molecule has 1 unspecified atom stereocenters. The summed E-state index contributed by atoms with van der Waals surface area (Å²) in [5, 5.41) is 0. The van der Waals surface area contributed by atoms with Crippen LogP contribution in [0.4, 0.5) is 4.79 Å². The van der Waals surface area contributed by atoms with Gasteiger partial charge < -0.3 is 19.9 Å². The molecule has 1 fully saturated rings. The average Bonchev–Trinajstić information content (AvgIpc) is 2.68. The molecular weight excluding hydrogens is 330 g/mol. The second-order valence-corrected chi connectivity index (χ2v) is 6.82. The Hall–Kier alpha value is -2.53. The third kappa shape index (κ3) is 3.53. The van der Waals surface area contributed by atoms with Gasteiger partial charge in [-0.3, -0.25) is 0 Å². The molecule has 136 valence electrons. The van der Waals surface area contributed by atoms with E-state index >= 15 is 0 Å². The van der Waals surface area contributed by atoms with Crippen molar-refractivity contribution in [3.8, 4) is 16.9 Å². The minimum atomic E-state index is -0.754. The number of benzene rings is 2. The standard InChI is InChI=1S/C21H23NO4/c22-21(23)26-19-9-12-25-20-13-17(5-6-18(19)20)15-3-1-14(2-4-15)16-7-10-24-11-8-16/h1-6,13,16,19H,7-12H2,(H2,22,23). The highest BCUT2D eigenvalue weighted by molar-refractivity contribution is 5.68. The van der Waals surface area contributed by atoms with Gasteiger partial charge in [-0.1, -0.05) is 36.4 Å². The van der Waals surface area contributed by atoms with E-state index in [1.165, 1.54) is 5.56 Å². The van der Waals surface area contributed by atoms with Gasteiger partial charge in [0.15, 0.2) is 0 Å². The lowest BCUT2D eigenvalue weighted by Crippen LogP contribution is -2.22. The quantitative estimate of drug-likeness (QED) is 0.899. The van der Waals surface area contributed by atoms with Crippen LogP contribution in [0, 0.1) is 0 Å². The van der Waals surface area contributed by atoms with Gasteiger partial charge in [-0.25, -0.2) is 4.79 Å². The SMILES string of the molecule is NC(=O)OC1CCOc2cc(-c3ccc(C4CCOCC4)cc3)ccc21. The third-order valence-corrected chi connectivity index (χ3v) is 5.19. The fourth-order valence-corrected chi connectivity index (χ4v) is 3.78. The summed E-state index contributed by atoms with van der Waals surface area (Å²) in [7, 11) is 0. The number of hydrogen-bond acceptors (Lipinski definition) is 4. The molecule has 2 N–H and O–H groups in total. The van der Waals surface area contributed by atoms with Crippen molar-refractivity contribution in [2.75, 3.05) is 19.8 Å². The van der Waals surface area contributed by atoms with E-state index in [2.05, 4.69) is 24.3 Å². The van der Waals surface area contributed by atoms with E-state index in [0.29, 0.717) is 18.9 Å². The van der Waals surface area contributed by atoms with Crippen molar-refractivity contribution < 1.29 is 19.0 Å². The Morgan fingerprint density at radius 2 is 1.69 bits per heavy atom. The lowest BCUT2D eigenvalue weighted by Gasteiger charge is -2.25. The molecule has 1 atom stereocenters. The maximum atomic E-state index is 11.1. The van der Waals surface area contributed by atoms with Crippen LogP contribution in [0.5, 0.6) is 5.75 Å². The van der Waals surface area contributed by atoms with Gasteiger partial charge in [0.05, 0.1) is 6.61 Å². The fourth-order valence-electron chi connectivity index (χ4n) is 3.78. The van der Waals surface area contributed by atoms with Gasteiger partial charge in [-0.05, 0) is 41.5 Å². The zero-order valence-electron chi connectivity index (χ0n) is 14.6. The smallest absolute Gasteiger partial charge is 0.405 e. The van der Waals surface area contributed by atoms with Crippen LogP contribution < -0.4 is 10.5 Å². The highest BCUT2D eigenvalue weighted by Crippen LogP contribution is 2.37. The summed E-state index contributed by atoms with van der Waals surface area (Å²) < 4.78 is 16.4. The van der Waals surface area contributed by atoms with Crippen LogP contribution in [-0.4, -0.2) is 25.9 Å². The lowest BCUT2D eigenvalue weighted by molar-refractivity contribution is 0.0766. The summed E-state index contributed by atoms with van der Waals surface area (Å²) >= 11 is 0.